The maximum Gasteiger partial charge on any atom is 0.423 e. The molecule has 0 aliphatic carbocycles. The highest BCUT2D eigenvalue weighted by atomic mass is 19.4. The lowest BCUT2D eigenvalue weighted by molar-refractivity contribution is -0.388. The van der Waals surface area contributed by atoms with E-state index >= 15 is 0 Å². The van der Waals surface area contributed by atoms with Crippen molar-refractivity contribution in [1.82, 2.24) is 9.80 Å². The Labute approximate surface area is 215 Å². The summed E-state index contributed by atoms with van der Waals surface area (Å²) in [6.07, 6.45) is -4.16. The number of alkyl halides is 3. The molecular formula is C25H27F5N4O4. The molecule has 8 nitrogen and oxygen atoms in total. The van der Waals surface area contributed by atoms with E-state index in [9.17, 15) is 36.9 Å². The molecule has 1 amide bonds. The fraction of sp³-hybridized carbons (Fsp3) is 0.480. The summed E-state index contributed by atoms with van der Waals surface area (Å²) >= 11 is 0. The largest absolute Gasteiger partial charge is 0.490 e. The highest BCUT2D eigenvalue weighted by molar-refractivity contribution is 5.76. The molecule has 0 N–H and O–H groups in total. The second-order valence-electron chi connectivity index (χ2n) is 9.31. The average molecular weight is 543 g/mol. The Bertz CT molecular complexity index is 1160. The number of ether oxygens (including phenoxy) is 1. The van der Waals surface area contributed by atoms with Crippen molar-refractivity contribution in [2.24, 2.45) is 0 Å². The van der Waals surface area contributed by atoms with Gasteiger partial charge in [-0.15, -0.1) is 0 Å². The second kappa shape index (κ2) is 11.5. The highest BCUT2D eigenvalue weighted by Crippen LogP contribution is 2.38. The number of nitro benzene ring substituents is 1. The summed E-state index contributed by atoms with van der Waals surface area (Å²) in [5, 5.41) is 10.9. The molecule has 2 aliphatic heterocycles. The first kappa shape index (κ1) is 27.6. The lowest BCUT2D eigenvalue weighted by Gasteiger charge is -2.37. The van der Waals surface area contributed by atoms with E-state index < -0.39 is 40.1 Å². The van der Waals surface area contributed by atoms with Crippen molar-refractivity contribution in [1.29, 1.82) is 0 Å². The summed E-state index contributed by atoms with van der Waals surface area (Å²) in [7, 11) is 0. The van der Waals surface area contributed by atoms with Crippen LogP contribution >= 0.6 is 0 Å². The number of likely N-dealkylation sites (tertiary alicyclic amines) is 1. The van der Waals surface area contributed by atoms with Crippen molar-refractivity contribution >= 4 is 17.3 Å². The molecule has 2 aliphatic rings. The van der Waals surface area contributed by atoms with E-state index in [-0.39, 0.29) is 11.7 Å². The molecule has 206 valence electrons. The molecule has 0 aromatic heterocycles. The molecule has 4 rings (SSSR count). The highest BCUT2D eigenvalue weighted by Gasteiger charge is 2.39. The molecule has 0 radical (unpaired) electrons. The molecule has 2 aromatic rings. The molecule has 0 spiro atoms. The smallest absolute Gasteiger partial charge is 0.423 e. The van der Waals surface area contributed by atoms with Crippen molar-refractivity contribution in [3.63, 3.8) is 0 Å². The molecule has 13 heteroatoms. The van der Waals surface area contributed by atoms with E-state index in [0.717, 1.165) is 18.2 Å². The van der Waals surface area contributed by atoms with E-state index in [1.54, 1.807) is 4.90 Å². The number of benzene rings is 2. The number of carbonyl (C=O) groups excluding carboxylic acids is 1. The number of rotatable bonds is 7. The van der Waals surface area contributed by atoms with Crippen LogP contribution in [-0.4, -0.2) is 72.5 Å². The number of amides is 1. The fourth-order valence-electron chi connectivity index (χ4n) is 4.75. The van der Waals surface area contributed by atoms with Crippen molar-refractivity contribution < 1.29 is 36.4 Å². The van der Waals surface area contributed by atoms with E-state index in [0.29, 0.717) is 76.8 Å². The van der Waals surface area contributed by atoms with Crippen LogP contribution in [0.2, 0.25) is 0 Å². The minimum Gasteiger partial charge on any atom is -0.490 e. The Morgan fingerprint density at radius 2 is 1.68 bits per heavy atom. The predicted molar refractivity (Wildman–Crippen MR) is 128 cm³/mol. The van der Waals surface area contributed by atoms with Crippen LogP contribution in [0.25, 0.3) is 0 Å². The van der Waals surface area contributed by atoms with Crippen molar-refractivity contribution in [2.45, 2.75) is 31.5 Å². The fourth-order valence-corrected chi connectivity index (χ4v) is 4.75. The molecule has 2 heterocycles. The van der Waals surface area contributed by atoms with E-state index in [2.05, 4.69) is 4.90 Å². The predicted octanol–water partition coefficient (Wildman–Crippen LogP) is 4.47. The van der Waals surface area contributed by atoms with Gasteiger partial charge in [-0.2, -0.15) is 13.2 Å². The third-order valence-electron chi connectivity index (χ3n) is 6.83. The zero-order valence-electron chi connectivity index (χ0n) is 20.4. The average Bonchev–Trinajstić information content (AvgIpc) is 2.87. The van der Waals surface area contributed by atoms with Gasteiger partial charge in [-0.3, -0.25) is 19.8 Å². The van der Waals surface area contributed by atoms with Crippen LogP contribution in [0.5, 0.6) is 5.75 Å². The van der Waals surface area contributed by atoms with Crippen LogP contribution in [-0.2, 0) is 11.0 Å². The normalized spacial score (nSPS) is 17.5. The van der Waals surface area contributed by atoms with Gasteiger partial charge in [0.15, 0.2) is 0 Å². The third kappa shape index (κ3) is 6.69. The van der Waals surface area contributed by atoms with Crippen LogP contribution in [0.4, 0.5) is 33.3 Å². The number of anilines is 1. The van der Waals surface area contributed by atoms with Gasteiger partial charge in [0, 0.05) is 77.2 Å². The molecular weight excluding hydrogens is 515 g/mol. The molecule has 0 unspecified atom stereocenters. The van der Waals surface area contributed by atoms with E-state index in [1.165, 1.54) is 12.1 Å². The maximum absolute atomic E-state index is 14.0. The lowest BCUT2D eigenvalue weighted by Crippen LogP contribution is -2.48. The molecule has 2 fully saturated rings. The van der Waals surface area contributed by atoms with Crippen molar-refractivity contribution in [3.8, 4) is 5.75 Å². The monoisotopic (exact) mass is 542 g/mol. The van der Waals surface area contributed by atoms with Crippen LogP contribution in [0.1, 0.15) is 24.8 Å². The quantitative estimate of drug-likeness (QED) is 0.292. The van der Waals surface area contributed by atoms with Gasteiger partial charge in [-0.05, 0) is 24.3 Å². The Balaban J connectivity index is 1.21. The zero-order chi connectivity index (χ0) is 27.4. The van der Waals surface area contributed by atoms with Gasteiger partial charge >= 0.3 is 6.18 Å². The van der Waals surface area contributed by atoms with Gasteiger partial charge in [0.1, 0.15) is 29.1 Å². The van der Waals surface area contributed by atoms with Gasteiger partial charge in [-0.1, -0.05) is 0 Å². The number of carbonyl (C=O) groups is 1. The Morgan fingerprint density at radius 1 is 1.00 bits per heavy atom. The number of halogens is 5. The molecule has 0 atom stereocenters. The van der Waals surface area contributed by atoms with Gasteiger partial charge in [-0.25, -0.2) is 8.78 Å². The summed E-state index contributed by atoms with van der Waals surface area (Å²) in [5.41, 5.74) is -2.04. The topological polar surface area (TPSA) is 79.2 Å². The zero-order valence-corrected chi connectivity index (χ0v) is 20.4. The number of piperidine rings is 1. The van der Waals surface area contributed by atoms with E-state index in [4.69, 9.17) is 4.74 Å². The summed E-state index contributed by atoms with van der Waals surface area (Å²) in [4.78, 5) is 28.2. The standard InChI is InChI=1S/C25H27F5N4O4/c26-17-1-3-23(21(27)15-17)32-13-11-31(12-14-32)8-7-24(35)33-9-5-18(6-10-33)38-19-2-4-22(34(36)37)20(16-19)25(28,29)30/h1-4,15-16,18H,5-14H2. The van der Waals surface area contributed by atoms with Crippen LogP contribution in [0.3, 0.4) is 0 Å². The Hall–Kier alpha value is -3.48. The minimum atomic E-state index is -4.89. The molecule has 0 saturated carbocycles. The SMILES string of the molecule is O=C(CCN1CCN(c2ccc(F)cc2F)CC1)N1CCC(Oc2ccc([N+](=O)[O-])c(C(F)(F)F)c2)CC1. The first-order chi connectivity index (χ1) is 18.0. The van der Waals surface area contributed by atoms with Crippen LogP contribution in [0.15, 0.2) is 36.4 Å². The number of nitro groups is 1. The molecule has 38 heavy (non-hydrogen) atoms. The van der Waals surface area contributed by atoms with Gasteiger partial charge in [0.05, 0.1) is 10.6 Å². The second-order valence-corrected chi connectivity index (χ2v) is 9.31. The summed E-state index contributed by atoms with van der Waals surface area (Å²) in [6, 6.07) is 6.08. The van der Waals surface area contributed by atoms with E-state index in [1.807, 2.05) is 4.90 Å². The molecule has 0 bridgehead atoms. The van der Waals surface area contributed by atoms with Gasteiger partial charge in [0.2, 0.25) is 5.91 Å². The first-order valence-electron chi connectivity index (χ1n) is 12.2. The Morgan fingerprint density at radius 3 is 2.29 bits per heavy atom. The third-order valence-corrected chi connectivity index (χ3v) is 6.83. The van der Waals surface area contributed by atoms with Gasteiger partial charge in [0.25, 0.3) is 5.69 Å². The molecule has 2 saturated heterocycles. The number of nitrogens with zero attached hydrogens (tertiary/aromatic N) is 4. The summed E-state index contributed by atoms with van der Waals surface area (Å²) in [5.74, 6) is -1.37. The van der Waals surface area contributed by atoms with Crippen molar-refractivity contribution in [3.05, 3.63) is 63.7 Å². The Kier molecular flexibility index (Phi) is 8.34. The lowest BCUT2D eigenvalue weighted by atomic mass is 10.1. The number of hydrogen-bond acceptors (Lipinski definition) is 6. The number of hydrogen-bond donors (Lipinski definition) is 0. The summed E-state index contributed by atoms with van der Waals surface area (Å²) in [6.45, 7) is 3.69. The summed E-state index contributed by atoms with van der Waals surface area (Å²) < 4.78 is 72.4. The maximum atomic E-state index is 14.0. The minimum absolute atomic E-state index is 0.0369. The van der Waals surface area contributed by atoms with Crippen molar-refractivity contribution in [2.75, 3.05) is 50.7 Å². The molecule has 2 aromatic carbocycles. The van der Waals surface area contributed by atoms with Crippen LogP contribution in [0, 0.1) is 21.7 Å². The van der Waals surface area contributed by atoms with Crippen LogP contribution < -0.4 is 9.64 Å². The van der Waals surface area contributed by atoms with Gasteiger partial charge < -0.3 is 14.5 Å². The first-order valence-corrected chi connectivity index (χ1v) is 12.2. The number of piperazine rings is 1.